The zero-order valence-corrected chi connectivity index (χ0v) is 8.36. The number of rotatable bonds is 3. The lowest BCUT2D eigenvalue weighted by molar-refractivity contribution is -0.152. The predicted molar refractivity (Wildman–Crippen MR) is 62.6 cm³/mol. The van der Waals surface area contributed by atoms with Gasteiger partial charge in [-0.1, -0.05) is 21.8 Å². The lowest BCUT2D eigenvalue weighted by Crippen LogP contribution is -2.40. The molecule has 0 aliphatic heterocycles. The van der Waals surface area contributed by atoms with Crippen molar-refractivity contribution < 1.29 is 24.3 Å². The average molecular weight is 244 g/mol. The molecule has 1 saturated carbocycles. The molecule has 98 valence electrons. The standard InChI is InChI=1S/C10H12O5.2CH4/c1-2-6(11)9-7(12)3-5(10(14)15)4-8(9)13;;/h5,9H,2-4H2,1H3,(H,14,15);2*1H4. The van der Waals surface area contributed by atoms with E-state index < -0.39 is 35.2 Å². The van der Waals surface area contributed by atoms with Crippen LogP contribution in [0, 0.1) is 11.8 Å². The normalized spacial score (nSPS) is 23.4. The van der Waals surface area contributed by atoms with Gasteiger partial charge in [-0.2, -0.15) is 0 Å². The van der Waals surface area contributed by atoms with Crippen molar-refractivity contribution in [2.75, 3.05) is 0 Å². The van der Waals surface area contributed by atoms with E-state index in [0.29, 0.717) is 0 Å². The van der Waals surface area contributed by atoms with Crippen molar-refractivity contribution in [3.8, 4) is 0 Å². The average Bonchev–Trinajstić information content (AvgIpc) is 2.16. The van der Waals surface area contributed by atoms with Crippen LogP contribution in [0.3, 0.4) is 0 Å². The Morgan fingerprint density at radius 3 is 1.88 bits per heavy atom. The molecule has 0 unspecified atom stereocenters. The smallest absolute Gasteiger partial charge is 0.307 e. The molecular weight excluding hydrogens is 224 g/mol. The molecule has 0 aromatic heterocycles. The minimum Gasteiger partial charge on any atom is -0.481 e. The summed E-state index contributed by atoms with van der Waals surface area (Å²) in [5, 5.41) is 8.67. The molecule has 0 bridgehead atoms. The van der Waals surface area contributed by atoms with Crippen molar-refractivity contribution in [2.45, 2.75) is 41.0 Å². The third-order valence-electron chi connectivity index (χ3n) is 2.56. The lowest BCUT2D eigenvalue weighted by atomic mass is 9.77. The van der Waals surface area contributed by atoms with Crippen LogP contribution in [0.15, 0.2) is 0 Å². The summed E-state index contributed by atoms with van der Waals surface area (Å²) in [4.78, 5) is 44.7. The highest BCUT2D eigenvalue weighted by atomic mass is 16.4. The summed E-state index contributed by atoms with van der Waals surface area (Å²) in [6.45, 7) is 1.58. The van der Waals surface area contributed by atoms with Gasteiger partial charge in [0.05, 0.1) is 5.92 Å². The number of ketones is 3. The number of carbonyl (C=O) groups is 4. The first-order chi connectivity index (χ1) is 6.97. The number of carboxylic acids is 1. The molecule has 17 heavy (non-hydrogen) atoms. The van der Waals surface area contributed by atoms with Gasteiger partial charge in [-0.15, -0.1) is 0 Å². The fourth-order valence-corrected chi connectivity index (χ4v) is 1.71. The van der Waals surface area contributed by atoms with Crippen LogP contribution in [0.5, 0.6) is 0 Å². The summed E-state index contributed by atoms with van der Waals surface area (Å²) in [5.74, 6) is -4.82. The van der Waals surface area contributed by atoms with Crippen LogP contribution in [-0.2, 0) is 19.2 Å². The monoisotopic (exact) mass is 244 g/mol. The molecule has 1 N–H and O–H groups in total. The molecule has 1 fully saturated rings. The minimum absolute atomic E-state index is 0. The third kappa shape index (κ3) is 3.76. The molecule has 0 amide bonds. The number of carboxylic acid groups (broad SMARTS) is 1. The van der Waals surface area contributed by atoms with Crippen LogP contribution in [0.1, 0.15) is 41.0 Å². The van der Waals surface area contributed by atoms with Gasteiger partial charge in [0, 0.05) is 19.3 Å². The second kappa shape index (κ2) is 6.93. The van der Waals surface area contributed by atoms with Crippen molar-refractivity contribution in [3.05, 3.63) is 0 Å². The van der Waals surface area contributed by atoms with E-state index in [1.807, 2.05) is 0 Å². The van der Waals surface area contributed by atoms with Gasteiger partial charge >= 0.3 is 5.97 Å². The van der Waals surface area contributed by atoms with Crippen LogP contribution in [-0.4, -0.2) is 28.4 Å². The van der Waals surface area contributed by atoms with Crippen molar-refractivity contribution in [2.24, 2.45) is 11.8 Å². The van der Waals surface area contributed by atoms with Crippen LogP contribution in [0.2, 0.25) is 0 Å². The summed E-state index contributed by atoms with van der Waals surface area (Å²) < 4.78 is 0. The molecule has 0 atom stereocenters. The van der Waals surface area contributed by atoms with Crippen molar-refractivity contribution >= 4 is 23.3 Å². The Bertz CT molecular complexity index is 314. The second-order valence-corrected chi connectivity index (χ2v) is 3.63. The first-order valence-electron chi connectivity index (χ1n) is 4.78. The molecule has 0 spiro atoms. The highest BCUT2D eigenvalue weighted by Crippen LogP contribution is 2.24. The Morgan fingerprint density at radius 2 is 1.59 bits per heavy atom. The molecule has 0 aromatic rings. The van der Waals surface area contributed by atoms with Gasteiger partial charge in [0.2, 0.25) is 0 Å². The molecule has 0 radical (unpaired) electrons. The van der Waals surface area contributed by atoms with Crippen molar-refractivity contribution in [3.63, 3.8) is 0 Å². The largest absolute Gasteiger partial charge is 0.481 e. The fourth-order valence-electron chi connectivity index (χ4n) is 1.71. The molecule has 5 heteroatoms. The van der Waals surface area contributed by atoms with Gasteiger partial charge in [0.25, 0.3) is 0 Å². The summed E-state index contributed by atoms with van der Waals surface area (Å²) in [6.07, 6.45) is -0.297. The lowest BCUT2D eigenvalue weighted by Gasteiger charge is -2.22. The number of hydrogen-bond donors (Lipinski definition) is 1. The van der Waals surface area contributed by atoms with Gasteiger partial charge in [0.15, 0.2) is 17.3 Å². The number of carbonyl (C=O) groups excluding carboxylic acids is 3. The van der Waals surface area contributed by atoms with E-state index in [4.69, 9.17) is 5.11 Å². The first kappa shape index (κ1) is 17.9. The maximum atomic E-state index is 11.4. The Kier molecular flexibility index (Phi) is 7.29. The molecule has 0 saturated heterocycles. The third-order valence-corrected chi connectivity index (χ3v) is 2.56. The van der Waals surface area contributed by atoms with E-state index in [1.165, 1.54) is 0 Å². The van der Waals surface area contributed by atoms with Gasteiger partial charge in [-0.3, -0.25) is 19.2 Å². The summed E-state index contributed by atoms with van der Waals surface area (Å²) in [6, 6.07) is 0. The summed E-state index contributed by atoms with van der Waals surface area (Å²) in [5.41, 5.74) is 0. The van der Waals surface area contributed by atoms with Crippen LogP contribution in [0.4, 0.5) is 0 Å². The molecule has 1 aliphatic rings. The van der Waals surface area contributed by atoms with E-state index in [2.05, 4.69) is 0 Å². The minimum atomic E-state index is -1.20. The Labute approximate surface area is 101 Å². The van der Waals surface area contributed by atoms with E-state index in [-0.39, 0.29) is 34.1 Å². The topological polar surface area (TPSA) is 88.5 Å². The SMILES string of the molecule is C.C.CCC(=O)C1C(=O)CC(C(=O)O)CC1=O. The Balaban J connectivity index is 0. The zero-order valence-electron chi connectivity index (χ0n) is 8.36. The highest BCUT2D eigenvalue weighted by Gasteiger charge is 2.41. The maximum Gasteiger partial charge on any atom is 0.307 e. The van der Waals surface area contributed by atoms with Crippen LogP contribution >= 0.6 is 0 Å². The van der Waals surface area contributed by atoms with Gasteiger partial charge < -0.3 is 5.11 Å². The maximum absolute atomic E-state index is 11.4. The highest BCUT2D eigenvalue weighted by molar-refractivity contribution is 6.21. The molecule has 5 nitrogen and oxygen atoms in total. The van der Waals surface area contributed by atoms with Gasteiger partial charge in [0.1, 0.15) is 5.92 Å². The van der Waals surface area contributed by atoms with Crippen LogP contribution < -0.4 is 0 Å². The molecule has 0 heterocycles. The van der Waals surface area contributed by atoms with Gasteiger partial charge in [-0.25, -0.2) is 0 Å². The van der Waals surface area contributed by atoms with Crippen molar-refractivity contribution in [1.82, 2.24) is 0 Å². The molecule has 1 aliphatic carbocycles. The second-order valence-electron chi connectivity index (χ2n) is 3.63. The van der Waals surface area contributed by atoms with Crippen LogP contribution in [0.25, 0.3) is 0 Å². The predicted octanol–water partition coefficient (Wildman–Crippen LogP) is 1.49. The van der Waals surface area contributed by atoms with Gasteiger partial charge in [-0.05, 0) is 0 Å². The molecule has 1 rings (SSSR count). The number of aliphatic carboxylic acids is 1. The fraction of sp³-hybridized carbons (Fsp3) is 0.667. The summed E-state index contributed by atoms with van der Waals surface area (Å²) in [7, 11) is 0. The Morgan fingerprint density at radius 1 is 1.18 bits per heavy atom. The van der Waals surface area contributed by atoms with E-state index in [1.54, 1.807) is 6.92 Å². The van der Waals surface area contributed by atoms with Crippen molar-refractivity contribution in [1.29, 1.82) is 0 Å². The quantitative estimate of drug-likeness (QED) is 0.760. The zero-order chi connectivity index (χ0) is 11.6. The summed E-state index contributed by atoms with van der Waals surface area (Å²) >= 11 is 0. The van der Waals surface area contributed by atoms with E-state index >= 15 is 0 Å². The first-order valence-corrected chi connectivity index (χ1v) is 4.78. The number of hydrogen-bond acceptors (Lipinski definition) is 4. The Hall–Kier alpha value is -1.52. The van der Waals surface area contributed by atoms with E-state index in [9.17, 15) is 19.2 Å². The van der Waals surface area contributed by atoms with E-state index in [0.717, 1.165) is 0 Å². The molecular formula is C12H20O5. The number of Topliss-reactive ketones (excluding diaryl/α,β-unsaturated/α-hetero) is 3. The molecule has 0 aromatic carbocycles.